The Balaban J connectivity index is 0.000000159. The minimum absolute atomic E-state index is 0.0117. The highest BCUT2D eigenvalue weighted by atomic mass is 16.5. The largest absolute Gasteiger partial charge is 0.508 e. The number of benzene rings is 8. The van der Waals surface area contributed by atoms with Gasteiger partial charge in [0.1, 0.15) is 53.1 Å². The third kappa shape index (κ3) is 18.5. The van der Waals surface area contributed by atoms with Crippen LogP contribution >= 0.6 is 0 Å². The quantitative estimate of drug-likeness (QED) is 0.0444. The summed E-state index contributed by atoms with van der Waals surface area (Å²) in [5, 5.41) is 42.1. The number of phenolic OH excluding ortho intramolecular Hbond substituents is 2. The van der Waals surface area contributed by atoms with E-state index < -0.39 is 11.9 Å². The van der Waals surface area contributed by atoms with E-state index in [0.717, 1.165) is 75.1 Å². The number of hydrogen-bond donors (Lipinski definition) is 6. The predicted molar refractivity (Wildman–Crippen MR) is 322 cm³/mol. The summed E-state index contributed by atoms with van der Waals surface area (Å²) in [5.41, 5.74) is 17.6. The zero-order valence-electron chi connectivity index (χ0n) is 47.5. The van der Waals surface area contributed by atoms with Gasteiger partial charge in [-0.05, 0) is 152 Å². The van der Waals surface area contributed by atoms with Crippen molar-refractivity contribution in [2.45, 2.75) is 70.1 Å². The van der Waals surface area contributed by atoms with E-state index in [9.17, 15) is 24.9 Å². The van der Waals surface area contributed by atoms with E-state index >= 15 is 0 Å². The van der Waals surface area contributed by atoms with Crippen molar-refractivity contribution < 1.29 is 39.1 Å². The highest BCUT2D eigenvalue weighted by Crippen LogP contribution is 2.31. The maximum absolute atomic E-state index is 11.7. The molecule has 0 saturated heterocycles. The van der Waals surface area contributed by atoms with Gasteiger partial charge in [-0.25, -0.2) is 9.97 Å². The molecule has 1 amide bonds. The lowest BCUT2D eigenvalue weighted by molar-refractivity contribution is -0.138. The highest BCUT2D eigenvalue weighted by Gasteiger charge is 2.22. The van der Waals surface area contributed by atoms with E-state index in [-0.39, 0.29) is 35.2 Å². The molecule has 426 valence electrons. The average Bonchev–Trinajstić information content (AvgIpc) is 4.42. The number of methoxy groups -OCH3 is 3. The second kappa shape index (κ2) is 30.5. The van der Waals surface area contributed by atoms with Crippen molar-refractivity contribution in [2.75, 3.05) is 21.3 Å². The maximum atomic E-state index is 11.7. The average molecular weight is 1110 g/mol. The van der Waals surface area contributed by atoms with Gasteiger partial charge in [0.2, 0.25) is 5.91 Å². The van der Waals surface area contributed by atoms with Crippen LogP contribution in [0.4, 0.5) is 0 Å². The smallest absolute Gasteiger partial charge is 0.311 e. The summed E-state index contributed by atoms with van der Waals surface area (Å²) in [5.74, 6) is 2.68. The van der Waals surface area contributed by atoms with Crippen molar-refractivity contribution in [3.8, 4) is 28.7 Å². The molecule has 0 aliphatic heterocycles. The number of aromatic hydroxyl groups is 2. The Bertz CT molecular complexity index is 3380. The Morgan fingerprint density at radius 2 is 0.711 bits per heavy atom. The second-order valence-corrected chi connectivity index (χ2v) is 20.0. The molecular weight excluding hydrogens is 1040 g/mol. The number of carboxylic acid groups (broad SMARTS) is 1. The molecule has 0 saturated carbocycles. The Kier molecular flexibility index (Phi) is 22.3. The Hall–Kier alpha value is -10.0. The predicted octanol–water partition coefficient (Wildman–Crippen LogP) is 12.3. The molecule has 0 bridgehead atoms. The molecule has 0 aliphatic rings. The molecule has 7 N–H and O–H groups in total. The van der Waals surface area contributed by atoms with Gasteiger partial charge in [-0.15, -0.1) is 0 Å². The van der Waals surface area contributed by atoms with Crippen LogP contribution in [-0.2, 0) is 35.3 Å². The number of rotatable bonds is 19. The lowest BCUT2D eigenvalue weighted by Gasteiger charge is -2.15. The first kappa shape index (κ1) is 60.6. The van der Waals surface area contributed by atoms with E-state index in [2.05, 4.69) is 73.7 Å². The van der Waals surface area contributed by atoms with Crippen molar-refractivity contribution in [2.24, 2.45) is 5.73 Å². The molecule has 2 aromatic heterocycles. The summed E-state index contributed by atoms with van der Waals surface area (Å²) in [4.78, 5) is 31.8. The molecule has 4 atom stereocenters. The van der Waals surface area contributed by atoms with Gasteiger partial charge < -0.3 is 35.3 Å². The second-order valence-electron chi connectivity index (χ2n) is 20.0. The molecule has 15 heteroatoms. The first-order valence-electron chi connectivity index (χ1n) is 27.1. The molecule has 15 nitrogen and oxygen atoms in total. The number of carboxylic acids is 1. The van der Waals surface area contributed by atoms with Crippen molar-refractivity contribution in [1.82, 2.24) is 30.4 Å². The number of amides is 1. The Morgan fingerprint density at radius 1 is 0.422 bits per heavy atom. The number of nitrogens with zero attached hydrogens (tertiary/aromatic N) is 4. The number of nitrogens with two attached hydrogens (primary N) is 1. The molecule has 10 aromatic rings. The number of H-pyrrole nitrogens is 2. The van der Waals surface area contributed by atoms with Crippen LogP contribution in [0.15, 0.2) is 207 Å². The van der Waals surface area contributed by atoms with Gasteiger partial charge in [0.25, 0.3) is 0 Å². The van der Waals surface area contributed by atoms with Crippen LogP contribution in [0, 0.1) is 20.8 Å². The van der Waals surface area contributed by atoms with Gasteiger partial charge in [-0.2, -0.15) is 10.2 Å². The standard InChI is InChI=1S/C18H19N3O.C17H19NO2.C17H18O3.C16H15N3O2/c1-13-3-5-14(6-4-13)11-17(18-19-12-20-21-18)15-7-9-16(22-2)10-8-15;2*1-12-3-5-13(6-4-12)11-16(17(18)19)14-7-9-15(20-2)10-8-14;20-13-5-1-11(2-6-13)9-15(16-17-10-18-19-16)12-3-7-14(21)8-4-12/h3-10,12,17H,11H2,1-2H3,(H,19,20,21);3-10,16H,11H2,1-2H3,(H2,18,19);3-10,16H,11H2,1-2H3,(H,18,19);1-8,10,15,20-21H,9H2,(H,17,18,19). The molecule has 10 rings (SSSR count). The fraction of sp³-hybridized carbons (Fsp3) is 0.206. The van der Waals surface area contributed by atoms with Crippen molar-refractivity contribution in [3.63, 3.8) is 0 Å². The number of ether oxygens (including phenoxy) is 3. The highest BCUT2D eigenvalue weighted by molar-refractivity contribution is 5.82. The first-order valence-corrected chi connectivity index (χ1v) is 27.1. The molecule has 83 heavy (non-hydrogen) atoms. The van der Waals surface area contributed by atoms with Crippen molar-refractivity contribution in [1.29, 1.82) is 0 Å². The van der Waals surface area contributed by atoms with E-state index in [1.54, 1.807) is 64.1 Å². The van der Waals surface area contributed by atoms with Crippen LogP contribution in [0.5, 0.6) is 28.7 Å². The molecule has 2 heterocycles. The van der Waals surface area contributed by atoms with Crippen molar-refractivity contribution in [3.05, 3.63) is 280 Å². The van der Waals surface area contributed by atoms with Gasteiger partial charge in [0, 0.05) is 11.8 Å². The lowest BCUT2D eigenvalue weighted by Crippen LogP contribution is -2.23. The van der Waals surface area contributed by atoms with Gasteiger partial charge in [-0.3, -0.25) is 19.8 Å². The van der Waals surface area contributed by atoms with Gasteiger partial charge >= 0.3 is 5.97 Å². The summed E-state index contributed by atoms with van der Waals surface area (Å²) in [7, 11) is 4.89. The van der Waals surface area contributed by atoms with Gasteiger partial charge in [0.05, 0.1) is 33.2 Å². The minimum Gasteiger partial charge on any atom is -0.508 e. The summed E-state index contributed by atoms with van der Waals surface area (Å²) in [6, 6.07) is 61.8. The maximum Gasteiger partial charge on any atom is 0.311 e. The lowest BCUT2D eigenvalue weighted by atomic mass is 9.91. The summed E-state index contributed by atoms with van der Waals surface area (Å²) < 4.78 is 15.5. The first-order chi connectivity index (χ1) is 40.2. The summed E-state index contributed by atoms with van der Waals surface area (Å²) in [6.07, 6.45) is 5.74. The van der Waals surface area contributed by atoms with Crippen LogP contribution < -0.4 is 19.9 Å². The molecule has 0 spiro atoms. The number of carbonyl (C=O) groups excluding carboxylic acids is 1. The Labute approximate surface area is 484 Å². The number of hydrogen-bond acceptors (Lipinski definition) is 11. The third-order valence-corrected chi connectivity index (χ3v) is 14.1. The summed E-state index contributed by atoms with van der Waals surface area (Å²) in [6.45, 7) is 6.15. The van der Waals surface area contributed by atoms with E-state index in [0.29, 0.717) is 12.8 Å². The molecule has 0 fully saturated rings. The number of aromatic amines is 2. The molecule has 8 aromatic carbocycles. The zero-order valence-corrected chi connectivity index (χ0v) is 47.5. The minimum atomic E-state index is -0.809. The number of aromatic nitrogens is 6. The van der Waals surface area contributed by atoms with E-state index in [1.165, 1.54) is 34.1 Å². The number of nitrogens with one attached hydrogen (secondary N) is 2. The SMILES string of the molecule is COc1ccc(C(Cc2ccc(C)cc2)C(=O)O)cc1.COc1ccc(C(Cc2ccc(C)cc2)C(N)=O)cc1.COc1ccc(C(Cc2ccc(C)cc2)c2ncn[nH]2)cc1.Oc1ccc(CC(c2ccc(O)cc2)c2ncn[nH]2)cc1. The number of aliphatic carboxylic acids is 1. The number of carbonyl (C=O) groups is 2. The molecule has 0 radical (unpaired) electrons. The third-order valence-electron chi connectivity index (χ3n) is 14.1. The number of primary amides is 1. The van der Waals surface area contributed by atoms with Crippen LogP contribution in [-0.4, -0.2) is 78.9 Å². The van der Waals surface area contributed by atoms with Gasteiger partial charge in [0.15, 0.2) is 0 Å². The zero-order chi connectivity index (χ0) is 59.1. The molecule has 0 aliphatic carbocycles. The van der Waals surface area contributed by atoms with Crippen molar-refractivity contribution >= 4 is 11.9 Å². The fourth-order valence-electron chi connectivity index (χ4n) is 9.20. The summed E-state index contributed by atoms with van der Waals surface area (Å²) >= 11 is 0. The van der Waals surface area contributed by atoms with Crippen LogP contribution in [0.1, 0.15) is 96.5 Å². The monoisotopic (exact) mass is 1110 g/mol. The number of phenols is 2. The van der Waals surface area contributed by atoms with Gasteiger partial charge in [-0.1, -0.05) is 150 Å². The number of aryl methyl sites for hydroxylation is 3. The van der Waals surface area contributed by atoms with Crippen LogP contribution in [0.2, 0.25) is 0 Å². The normalized spacial score (nSPS) is 12.0. The molecule has 4 unspecified atom stereocenters. The fourth-order valence-corrected chi connectivity index (χ4v) is 9.20. The van der Waals surface area contributed by atoms with Crippen LogP contribution in [0.25, 0.3) is 0 Å². The topological polar surface area (TPSA) is 232 Å². The molecular formula is C68H71N7O8. The van der Waals surface area contributed by atoms with Crippen LogP contribution in [0.3, 0.4) is 0 Å². The Morgan fingerprint density at radius 3 is 1.02 bits per heavy atom. The van der Waals surface area contributed by atoms with E-state index in [4.69, 9.17) is 19.9 Å². The van der Waals surface area contributed by atoms with E-state index in [1.807, 2.05) is 135 Å².